The molecule has 0 amide bonds. The van der Waals surface area contributed by atoms with E-state index in [2.05, 4.69) is 6.07 Å². The molecule has 0 spiro atoms. The molecule has 0 atom stereocenters. The zero-order chi connectivity index (χ0) is 38.2. The average molecular weight is 616 g/mol. The van der Waals surface area contributed by atoms with E-state index in [0.717, 1.165) is 44.2 Å². The summed E-state index contributed by atoms with van der Waals surface area (Å²) in [6.07, 6.45) is 0. The average Bonchev–Trinajstić information content (AvgIpc) is 3.91. The standard InChI is InChI=1S/C42H25NO4/c44-28-22-35(45)40-33-21-20-31-30-6-1-3-9-34(30)43(41(31)42(33)47-38(40)23-28)27-18-16-25(17-19-27)24-12-14-26(15-13-24)29-8-5-11-37-39(29)32-7-2-4-10-36(32)46-37/h1-23,44-45H/i1D,3D,6D,9D,20D,21D,22D,23D. The van der Waals surface area contributed by atoms with Gasteiger partial charge < -0.3 is 23.6 Å². The van der Waals surface area contributed by atoms with Gasteiger partial charge in [0.1, 0.15) is 28.2 Å². The Labute approximate surface area is 279 Å². The smallest absolute Gasteiger partial charge is 0.160 e. The zero-order valence-electron chi connectivity index (χ0n) is 32.3. The predicted molar refractivity (Wildman–Crippen MR) is 190 cm³/mol. The summed E-state index contributed by atoms with van der Waals surface area (Å²) in [5, 5.41) is 23.2. The summed E-state index contributed by atoms with van der Waals surface area (Å²) in [6.45, 7) is 0. The monoisotopic (exact) mass is 615 g/mol. The number of phenols is 2. The van der Waals surface area contributed by atoms with Crippen LogP contribution in [0, 0.1) is 0 Å². The van der Waals surface area contributed by atoms with Gasteiger partial charge in [0.05, 0.1) is 27.4 Å². The van der Waals surface area contributed by atoms with Crippen LogP contribution in [0.4, 0.5) is 0 Å². The van der Waals surface area contributed by atoms with Gasteiger partial charge >= 0.3 is 0 Å². The SMILES string of the molecule is [2H]c1c(O)c([2H])c2oc3c(c([2H])c([2H])c4c5c([2H])c([2H])c([2H])c([2H])c5n(-c5ccc(-c6ccc(-c7cccc8oc9ccccc9c78)cc6)cc5)c34)c2c1O. The minimum atomic E-state index is -0.825. The van der Waals surface area contributed by atoms with Gasteiger partial charge in [0.25, 0.3) is 0 Å². The van der Waals surface area contributed by atoms with Crippen LogP contribution in [-0.2, 0) is 0 Å². The van der Waals surface area contributed by atoms with Crippen molar-refractivity contribution in [3.63, 3.8) is 0 Å². The molecule has 3 aromatic heterocycles. The third-order valence-electron chi connectivity index (χ3n) is 8.80. The fraction of sp³-hybridized carbons (Fsp3) is 0. The minimum absolute atomic E-state index is 0.00119. The fourth-order valence-electron chi connectivity index (χ4n) is 6.72. The van der Waals surface area contributed by atoms with Crippen molar-refractivity contribution < 1.29 is 30.0 Å². The molecule has 0 saturated heterocycles. The minimum Gasteiger partial charge on any atom is -0.508 e. The Balaban J connectivity index is 1.19. The molecule has 10 rings (SSSR count). The molecule has 0 aliphatic heterocycles. The van der Waals surface area contributed by atoms with Crippen molar-refractivity contribution >= 4 is 65.7 Å². The van der Waals surface area contributed by atoms with Crippen LogP contribution in [0.1, 0.15) is 11.0 Å². The first-order valence-corrected chi connectivity index (χ1v) is 14.9. The first-order chi connectivity index (χ1) is 26.5. The Morgan fingerprint density at radius 1 is 0.553 bits per heavy atom. The maximum atomic E-state index is 11.0. The van der Waals surface area contributed by atoms with E-state index in [4.69, 9.17) is 19.8 Å². The number of nitrogens with zero attached hydrogens (tertiary/aromatic N) is 1. The Kier molecular flexibility index (Phi) is 3.88. The summed E-state index contributed by atoms with van der Waals surface area (Å²) in [5.74, 6) is -1.56. The molecular weight excluding hydrogens is 582 g/mol. The number of para-hydroxylation sites is 2. The molecule has 3 heterocycles. The maximum Gasteiger partial charge on any atom is 0.160 e. The van der Waals surface area contributed by atoms with Gasteiger partial charge in [0.15, 0.2) is 5.58 Å². The van der Waals surface area contributed by atoms with Crippen LogP contribution in [-0.4, -0.2) is 14.8 Å². The molecule has 0 unspecified atom stereocenters. The summed E-state index contributed by atoms with van der Waals surface area (Å²) in [7, 11) is 0. The van der Waals surface area contributed by atoms with Crippen LogP contribution >= 0.6 is 0 Å². The number of hydrogen-bond acceptors (Lipinski definition) is 4. The van der Waals surface area contributed by atoms with Crippen LogP contribution in [0.3, 0.4) is 0 Å². The Hall–Kier alpha value is -6.46. The van der Waals surface area contributed by atoms with Gasteiger partial charge in [-0.1, -0.05) is 90.9 Å². The Morgan fingerprint density at radius 2 is 1.28 bits per heavy atom. The highest BCUT2D eigenvalue weighted by molar-refractivity contribution is 6.22. The van der Waals surface area contributed by atoms with Crippen LogP contribution < -0.4 is 0 Å². The van der Waals surface area contributed by atoms with E-state index in [1.807, 2.05) is 72.8 Å². The van der Waals surface area contributed by atoms with Crippen molar-refractivity contribution in [3.8, 4) is 39.4 Å². The van der Waals surface area contributed by atoms with E-state index < -0.39 is 53.8 Å². The van der Waals surface area contributed by atoms with E-state index in [1.54, 1.807) is 12.1 Å². The summed E-state index contributed by atoms with van der Waals surface area (Å²) < 4.78 is 83.3. The third kappa shape index (κ3) is 3.71. The second-order valence-electron chi connectivity index (χ2n) is 11.4. The first kappa shape index (κ1) is 19.1. The van der Waals surface area contributed by atoms with Crippen LogP contribution in [0.5, 0.6) is 11.5 Å². The molecule has 0 fully saturated rings. The van der Waals surface area contributed by atoms with Crippen LogP contribution in [0.2, 0.25) is 0 Å². The molecule has 2 N–H and O–H groups in total. The number of phenolic OH excluding ortho intramolecular Hbond substituents is 2. The number of aromatic hydroxyl groups is 2. The molecule has 47 heavy (non-hydrogen) atoms. The third-order valence-corrected chi connectivity index (χ3v) is 8.80. The number of rotatable bonds is 3. The van der Waals surface area contributed by atoms with Crippen molar-refractivity contribution in [1.29, 1.82) is 0 Å². The molecule has 5 heteroatoms. The van der Waals surface area contributed by atoms with Crippen molar-refractivity contribution in [2.24, 2.45) is 0 Å². The Morgan fingerprint density at radius 3 is 2.13 bits per heavy atom. The van der Waals surface area contributed by atoms with Crippen molar-refractivity contribution in [3.05, 3.63) is 139 Å². The zero-order valence-corrected chi connectivity index (χ0v) is 24.3. The lowest BCUT2D eigenvalue weighted by Gasteiger charge is -2.10. The van der Waals surface area contributed by atoms with Crippen molar-refractivity contribution in [1.82, 2.24) is 4.57 Å². The molecule has 0 saturated carbocycles. The van der Waals surface area contributed by atoms with Gasteiger partial charge in [-0.3, -0.25) is 0 Å². The van der Waals surface area contributed by atoms with E-state index in [0.29, 0.717) is 5.69 Å². The summed E-state index contributed by atoms with van der Waals surface area (Å²) in [4.78, 5) is 0. The van der Waals surface area contributed by atoms with E-state index in [-0.39, 0.29) is 49.8 Å². The van der Waals surface area contributed by atoms with Crippen molar-refractivity contribution in [2.75, 3.05) is 0 Å². The summed E-state index contributed by atoms with van der Waals surface area (Å²) >= 11 is 0. The number of furan rings is 2. The number of fused-ring (bicyclic) bond motifs is 10. The van der Waals surface area contributed by atoms with Crippen molar-refractivity contribution in [2.45, 2.75) is 0 Å². The highest BCUT2D eigenvalue weighted by Gasteiger charge is 2.21. The van der Waals surface area contributed by atoms with Gasteiger partial charge in [-0.15, -0.1) is 0 Å². The van der Waals surface area contributed by atoms with Crippen LogP contribution in [0.25, 0.3) is 93.6 Å². The van der Waals surface area contributed by atoms with E-state index >= 15 is 0 Å². The molecule has 0 radical (unpaired) electrons. The molecule has 222 valence electrons. The highest BCUT2D eigenvalue weighted by Crippen LogP contribution is 2.44. The van der Waals surface area contributed by atoms with Gasteiger partial charge in [0.2, 0.25) is 0 Å². The normalized spacial score (nSPS) is 14.4. The fourth-order valence-corrected chi connectivity index (χ4v) is 6.72. The molecule has 0 bridgehead atoms. The molecule has 7 aromatic carbocycles. The highest BCUT2D eigenvalue weighted by atomic mass is 16.3. The topological polar surface area (TPSA) is 71.7 Å². The lowest BCUT2D eigenvalue weighted by Crippen LogP contribution is -1.94. The molecule has 0 aliphatic carbocycles. The second kappa shape index (κ2) is 9.52. The second-order valence-corrected chi connectivity index (χ2v) is 11.4. The number of aromatic nitrogens is 1. The number of hydrogen-bond donors (Lipinski definition) is 2. The predicted octanol–water partition coefficient (Wildman–Crippen LogP) is 11.3. The maximum absolute atomic E-state index is 11.0. The lowest BCUT2D eigenvalue weighted by molar-refractivity contribution is 0.454. The van der Waals surface area contributed by atoms with Gasteiger partial charge in [-0.25, -0.2) is 0 Å². The van der Waals surface area contributed by atoms with E-state index in [1.165, 1.54) is 4.57 Å². The van der Waals surface area contributed by atoms with Gasteiger partial charge in [-0.2, -0.15) is 0 Å². The largest absolute Gasteiger partial charge is 0.508 e. The molecule has 5 nitrogen and oxygen atoms in total. The van der Waals surface area contributed by atoms with Gasteiger partial charge in [-0.05, 0) is 58.6 Å². The van der Waals surface area contributed by atoms with Crippen LogP contribution in [0.15, 0.2) is 148 Å². The molecule has 0 aliphatic rings. The summed E-state index contributed by atoms with van der Waals surface area (Å²) in [6, 6.07) is 25.4. The Bertz CT molecular complexity index is 3310. The van der Waals surface area contributed by atoms with Gasteiger partial charge in [0, 0.05) is 44.7 Å². The quantitative estimate of drug-likeness (QED) is 0.207. The molecule has 10 aromatic rings. The lowest BCUT2D eigenvalue weighted by atomic mass is 9.97. The molecular formula is C42H25NO4. The van der Waals surface area contributed by atoms with E-state index in [9.17, 15) is 10.2 Å². The number of benzene rings is 7. The first-order valence-electron chi connectivity index (χ1n) is 18.9. The summed E-state index contributed by atoms with van der Waals surface area (Å²) in [5.41, 5.74) is 5.65.